The number of nitrogens with one attached hydrogen (secondary N) is 1. The van der Waals surface area contributed by atoms with Gasteiger partial charge in [-0.15, -0.1) is 0 Å². The number of anilines is 1. The molecular weight excluding hydrogens is 334 g/mol. The van der Waals surface area contributed by atoms with Gasteiger partial charge in [0, 0.05) is 18.5 Å². The van der Waals surface area contributed by atoms with E-state index in [-0.39, 0.29) is 41.4 Å². The predicted octanol–water partition coefficient (Wildman–Crippen LogP) is 0.768. The first kappa shape index (κ1) is 18.4. The van der Waals surface area contributed by atoms with Crippen LogP contribution in [0.25, 0.3) is 0 Å². The van der Waals surface area contributed by atoms with Crippen molar-refractivity contribution in [1.29, 1.82) is 0 Å². The second kappa shape index (κ2) is 7.11. The summed E-state index contributed by atoms with van der Waals surface area (Å²) >= 11 is 0. The number of hydrogen-bond donors (Lipinski definition) is 2. The molecule has 1 aliphatic carbocycles. The van der Waals surface area contributed by atoms with Crippen LogP contribution < -0.4 is 11.1 Å². The molecule has 2 heterocycles. The molecule has 0 unspecified atom stereocenters. The molecule has 0 aromatic carbocycles. The summed E-state index contributed by atoms with van der Waals surface area (Å²) in [4.78, 5) is 46.1. The topological polar surface area (TPSA) is 118 Å². The molecule has 1 fully saturated rings. The van der Waals surface area contributed by atoms with Crippen molar-refractivity contribution in [3.8, 4) is 0 Å². The molecule has 3 rings (SSSR count). The van der Waals surface area contributed by atoms with E-state index in [1.807, 2.05) is 18.7 Å². The lowest BCUT2D eigenvalue weighted by Crippen LogP contribution is -2.42. The maximum atomic E-state index is 12.3. The van der Waals surface area contributed by atoms with Gasteiger partial charge in [-0.3, -0.25) is 24.6 Å². The summed E-state index contributed by atoms with van der Waals surface area (Å²) in [5.41, 5.74) is 6.43. The van der Waals surface area contributed by atoms with E-state index >= 15 is 0 Å². The van der Waals surface area contributed by atoms with Crippen molar-refractivity contribution in [3.05, 3.63) is 17.5 Å². The number of likely N-dealkylation sites (tertiary alicyclic amines) is 1. The molecule has 26 heavy (non-hydrogen) atoms. The zero-order chi connectivity index (χ0) is 18.9. The number of carbonyl (C=O) groups is 3. The van der Waals surface area contributed by atoms with Gasteiger partial charge in [0.05, 0.1) is 17.8 Å². The monoisotopic (exact) mass is 359 g/mol. The third-order valence-corrected chi connectivity index (χ3v) is 5.06. The van der Waals surface area contributed by atoms with Crippen molar-refractivity contribution in [1.82, 2.24) is 14.9 Å². The number of ketones is 1. The molecule has 0 radical (unpaired) electrons. The molecule has 1 saturated heterocycles. The van der Waals surface area contributed by atoms with Gasteiger partial charge in [-0.25, -0.2) is 9.97 Å². The summed E-state index contributed by atoms with van der Waals surface area (Å²) < 4.78 is 0. The van der Waals surface area contributed by atoms with Gasteiger partial charge >= 0.3 is 0 Å². The Bertz CT molecular complexity index is 738. The number of rotatable bonds is 4. The van der Waals surface area contributed by atoms with Gasteiger partial charge in [0.15, 0.2) is 5.78 Å². The van der Waals surface area contributed by atoms with Crippen molar-refractivity contribution >= 4 is 23.5 Å². The summed E-state index contributed by atoms with van der Waals surface area (Å²) in [7, 11) is 0. The minimum Gasteiger partial charge on any atom is -0.369 e. The van der Waals surface area contributed by atoms with Gasteiger partial charge in [0.1, 0.15) is 0 Å². The van der Waals surface area contributed by atoms with Crippen molar-refractivity contribution in [3.63, 3.8) is 0 Å². The Hall–Kier alpha value is -2.35. The number of primary amides is 1. The molecule has 1 aliphatic heterocycles. The molecule has 2 aliphatic rings. The van der Waals surface area contributed by atoms with E-state index in [4.69, 9.17) is 5.73 Å². The predicted molar refractivity (Wildman–Crippen MR) is 95.5 cm³/mol. The Morgan fingerprint density at radius 2 is 2.00 bits per heavy atom. The van der Waals surface area contributed by atoms with Gasteiger partial charge in [0.25, 0.3) is 0 Å². The lowest BCUT2D eigenvalue weighted by Gasteiger charge is -2.30. The maximum Gasteiger partial charge on any atom is 0.240 e. The van der Waals surface area contributed by atoms with Crippen LogP contribution in [0.2, 0.25) is 0 Å². The minimum atomic E-state index is -0.269. The first-order chi connectivity index (χ1) is 12.2. The van der Waals surface area contributed by atoms with Gasteiger partial charge in [0.2, 0.25) is 17.8 Å². The van der Waals surface area contributed by atoms with Crippen LogP contribution in [-0.2, 0) is 16.0 Å². The normalized spacial score (nSPS) is 20.5. The van der Waals surface area contributed by atoms with Crippen LogP contribution in [0.4, 0.5) is 5.95 Å². The Morgan fingerprint density at radius 1 is 1.31 bits per heavy atom. The Balaban J connectivity index is 1.59. The summed E-state index contributed by atoms with van der Waals surface area (Å²) in [6, 6.07) is 0. The Kier molecular flexibility index (Phi) is 5.04. The number of Topliss-reactive ketones (excluding diaryl/α,β-unsaturated/α-hetero) is 1. The third kappa shape index (κ3) is 4.24. The first-order valence-electron chi connectivity index (χ1n) is 8.94. The number of fused-ring (bicyclic) bond motifs is 1. The molecule has 8 nitrogen and oxygen atoms in total. The fourth-order valence-electron chi connectivity index (χ4n) is 3.63. The lowest BCUT2D eigenvalue weighted by atomic mass is 9.76. The zero-order valence-corrected chi connectivity index (χ0v) is 15.2. The smallest absolute Gasteiger partial charge is 0.240 e. The molecular formula is C18H25N5O3. The fourth-order valence-corrected chi connectivity index (χ4v) is 3.63. The summed E-state index contributed by atoms with van der Waals surface area (Å²) in [6.45, 7) is 5.60. The molecule has 0 atom stereocenters. The van der Waals surface area contributed by atoms with Crippen LogP contribution >= 0.6 is 0 Å². The highest BCUT2D eigenvalue weighted by molar-refractivity contribution is 5.98. The number of carbonyl (C=O) groups excluding carboxylic acids is 3. The average molecular weight is 359 g/mol. The molecule has 1 aromatic rings. The van der Waals surface area contributed by atoms with Crippen LogP contribution in [0.15, 0.2) is 6.20 Å². The molecule has 2 amide bonds. The molecule has 8 heteroatoms. The van der Waals surface area contributed by atoms with E-state index in [1.54, 1.807) is 0 Å². The second-order valence-electron chi connectivity index (χ2n) is 8.00. The highest BCUT2D eigenvalue weighted by Crippen LogP contribution is 2.33. The number of nitrogens with zero attached hydrogens (tertiary/aromatic N) is 3. The summed E-state index contributed by atoms with van der Waals surface area (Å²) in [5, 5.41) is 2.71. The quantitative estimate of drug-likeness (QED) is 0.820. The third-order valence-electron chi connectivity index (χ3n) is 5.06. The van der Waals surface area contributed by atoms with E-state index < -0.39 is 0 Å². The lowest BCUT2D eigenvalue weighted by molar-refractivity contribution is -0.123. The van der Waals surface area contributed by atoms with E-state index in [0.29, 0.717) is 50.0 Å². The zero-order valence-electron chi connectivity index (χ0n) is 15.2. The highest BCUT2D eigenvalue weighted by atomic mass is 16.2. The number of aromatic nitrogens is 2. The van der Waals surface area contributed by atoms with Crippen molar-refractivity contribution in [2.24, 2.45) is 17.1 Å². The van der Waals surface area contributed by atoms with Crippen molar-refractivity contribution in [2.75, 3.05) is 25.0 Å². The second-order valence-corrected chi connectivity index (χ2v) is 8.00. The van der Waals surface area contributed by atoms with E-state index in [0.717, 1.165) is 0 Å². The average Bonchev–Trinajstić information content (AvgIpc) is 2.53. The largest absolute Gasteiger partial charge is 0.369 e. The van der Waals surface area contributed by atoms with Crippen LogP contribution in [0.3, 0.4) is 0 Å². The van der Waals surface area contributed by atoms with Crippen LogP contribution in [0.1, 0.15) is 49.2 Å². The fraction of sp³-hybridized carbons (Fsp3) is 0.611. The maximum absolute atomic E-state index is 12.3. The van der Waals surface area contributed by atoms with Gasteiger partial charge in [-0.05, 0) is 37.8 Å². The SMILES string of the molecule is CC1(C)CC(=O)c2cnc(NC(=O)CN3CCC(C(N)=O)CC3)nc2C1. The molecule has 140 valence electrons. The van der Waals surface area contributed by atoms with E-state index in [1.165, 1.54) is 6.20 Å². The molecule has 3 N–H and O–H groups in total. The number of hydrogen-bond acceptors (Lipinski definition) is 6. The van der Waals surface area contributed by atoms with Gasteiger partial charge < -0.3 is 5.73 Å². The van der Waals surface area contributed by atoms with E-state index in [2.05, 4.69) is 15.3 Å². The molecule has 1 aromatic heterocycles. The first-order valence-corrected chi connectivity index (χ1v) is 8.94. The molecule has 0 spiro atoms. The van der Waals surface area contributed by atoms with Crippen LogP contribution in [-0.4, -0.2) is 52.1 Å². The van der Waals surface area contributed by atoms with E-state index in [9.17, 15) is 14.4 Å². The number of amides is 2. The van der Waals surface area contributed by atoms with Crippen molar-refractivity contribution < 1.29 is 14.4 Å². The standard InChI is InChI=1S/C18H25N5O3/c1-18(2)7-13-12(14(24)8-18)9-20-17(21-13)22-15(25)10-23-5-3-11(4-6-23)16(19)26/h9,11H,3-8,10H2,1-2H3,(H2,19,26)(H,20,21,22,25). The van der Waals surface area contributed by atoms with Gasteiger partial charge in [-0.2, -0.15) is 0 Å². The highest BCUT2D eigenvalue weighted by Gasteiger charge is 2.32. The van der Waals surface area contributed by atoms with Crippen molar-refractivity contribution in [2.45, 2.75) is 39.5 Å². The van der Waals surface area contributed by atoms with Crippen LogP contribution in [0, 0.1) is 11.3 Å². The Morgan fingerprint density at radius 3 is 2.65 bits per heavy atom. The van der Waals surface area contributed by atoms with Gasteiger partial charge in [-0.1, -0.05) is 13.8 Å². The van der Waals surface area contributed by atoms with Crippen LogP contribution in [0.5, 0.6) is 0 Å². The summed E-state index contributed by atoms with van der Waals surface area (Å²) in [6.07, 6.45) is 4.02. The Labute approximate surface area is 152 Å². The minimum absolute atomic E-state index is 0.0476. The number of nitrogens with two attached hydrogens (primary N) is 1. The summed E-state index contributed by atoms with van der Waals surface area (Å²) in [5.74, 6) is -0.296. The molecule has 0 saturated carbocycles. The number of piperidine rings is 1. The molecule has 0 bridgehead atoms.